The summed E-state index contributed by atoms with van der Waals surface area (Å²) in [5.74, 6) is 0.825. The molecule has 0 aliphatic carbocycles. The highest BCUT2D eigenvalue weighted by Crippen LogP contribution is 2.28. The highest BCUT2D eigenvalue weighted by Gasteiger charge is 2.39. The minimum absolute atomic E-state index is 0.0177. The van der Waals surface area contributed by atoms with Crippen molar-refractivity contribution >= 4 is 16.7 Å². The minimum atomic E-state index is 0.0177. The van der Waals surface area contributed by atoms with Crippen molar-refractivity contribution in [1.82, 2.24) is 10.6 Å². The number of methoxy groups -OCH3 is 1. The normalized spacial score (nSPS) is 26.3. The molecular formula is C18H20N2O2. The molecule has 4 heteroatoms. The van der Waals surface area contributed by atoms with E-state index in [1.807, 2.05) is 36.4 Å². The molecule has 0 aromatic heterocycles. The van der Waals surface area contributed by atoms with E-state index in [0.717, 1.165) is 22.9 Å². The van der Waals surface area contributed by atoms with Gasteiger partial charge in [0, 0.05) is 23.7 Å². The Bertz CT molecular complexity index is 728. The molecule has 2 N–H and O–H groups in total. The van der Waals surface area contributed by atoms with Crippen LogP contribution in [-0.2, 0) is 0 Å². The molecule has 2 bridgehead atoms. The lowest BCUT2D eigenvalue weighted by Crippen LogP contribution is -2.42. The van der Waals surface area contributed by atoms with Gasteiger partial charge in [0.25, 0.3) is 5.91 Å². The summed E-state index contributed by atoms with van der Waals surface area (Å²) in [5, 5.41) is 8.87. The summed E-state index contributed by atoms with van der Waals surface area (Å²) in [6.07, 6.45) is 3.47. The second kappa shape index (κ2) is 5.29. The van der Waals surface area contributed by atoms with Gasteiger partial charge in [0.05, 0.1) is 7.11 Å². The minimum Gasteiger partial charge on any atom is -0.497 e. The van der Waals surface area contributed by atoms with Crippen LogP contribution in [0, 0.1) is 0 Å². The Labute approximate surface area is 129 Å². The van der Waals surface area contributed by atoms with E-state index in [4.69, 9.17) is 4.74 Å². The van der Waals surface area contributed by atoms with Crippen LogP contribution >= 0.6 is 0 Å². The second-order valence-corrected chi connectivity index (χ2v) is 6.29. The van der Waals surface area contributed by atoms with Crippen molar-refractivity contribution in [1.29, 1.82) is 0 Å². The highest BCUT2D eigenvalue weighted by atomic mass is 16.5. The molecule has 2 saturated heterocycles. The maximum atomic E-state index is 12.5. The van der Waals surface area contributed by atoms with Crippen molar-refractivity contribution in [3.05, 3.63) is 42.0 Å². The molecule has 4 rings (SSSR count). The van der Waals surface area contributed by atoms with E-state index in [2.05, 4.69) is 10.6 Å². The van der Waals surface area contributed by atoms with Crippen LogP contribution in [0.4, 0.5) is 0 Å². The van der Waals surface area contributed by atoms with E-state index in [1.165, 1.54) is 12.8 Å². The van der Waals surface area contributed by atoms with Gasteiger partial charge in [0.2, 0.25) is 0 Å². The number of fused-ring (bicyclic) bond motifs is 3. The number of hydrogen-bond acceptors (Lipinski definition) is 3. The first kappa shape index (κ1) is 13.6. The molecule has 114 valence electrons. The van der Waals surface area contributed by atoms with Crippen LogP contribution in [0.5, 0.6) is 5.75 Å². The lowest BCUT2D eigenvalue weighted by atomic mass is 9.95. The van der Waals surface area contributed by atoms with Crippen LogP contribution in [0.3, 0.4) is 0 Å². The molecule has 2 heterocycles. The number of amides is 1. The van der Waals surface area contributed by atoms with E-state index >= 15 is 0 Å². The van der Waals surface area contributed by atoms with E-state index in [0.29, 0.717) is 17.6 Å². The molecular weight excluding hydrogens is 276 g/mol. The Hall–Kier alpha value is -2.07. The van der Waals surface area contributed by atoms with Gasteiger partial charge in [0.1, 0.15) is 5.75 Å². The van der Waals surface area contributed by atoms with Crippen molar-refractivity contribution in [3.8, 4) is 5.75 Å². The average molecular weight is 296 g/mol. The van der Waals surface area contributed by atoms with Crippen LogP contribution in [0.2, 0.25) is 0 Å². The Kier molecular flexibility index (Phi) is 3.26. The van der Waals surface area contributed by atoms with E-state index in [1.54, 1.807) is 7.11 Å². The monoisotopic (exact) mass is 296 g/mol. The number of benzene rings is 2. The van der Waals surface area contributed by atoms with E-state index in [9.17, 15) is 4.79 Å². The maximum absolute atomic E-state index is 12.5. The molecule has 2 aromatic carbocycles. The van der Waals surface area contributed by atoms with Gasteiger partial charge < -0.3 is 15.4 Å². The molecule has 0 spiro atoms. The smallest absolute Gasteiger partial charge is 0.251 e. The molecule has 2 unspecified atom stereocenters. The first-order valence-electron chi connectivity index (χ1n) is 7.87. The molecule has 0 saturated carbocycles. The zero-order valence-corrected chi connectivity index (χ0v) is 12.6. The fourth-order valence-electron chi connectivity index (χ4n) is 3.73. The average Bonchev–Trinajstić information content (AvgIpc) is 3.16. The lowest BCUT2D eigenvalue weighted by molar-refractivity contribution is 0.0931. The lowest BCUT2D eigenvalue weighted by Gasteiger charge is -2.21. The summed E-state index contributed by atoms with van der Waals surface area (Å²) in [6.45, 7) is 0. The molecule has 0 radical (unpaired) electrons. The highest BCUT2D eigenvalue weighted by molar-refractivity contribution is 5.99. The quantitative estimate of drug-likeness (QED) is 0.915. The fourth-order valence-corrected chi connectivity index (χ4v) is 3.73. The van der Waals surface area contributed by atoms with Gasteiger partial charge in [0.15, 0.2) is 0 Å². The molecule has 2 aliphatic rings. The zero-order valence-electron chi connectivity index (χ0n) is 12.6. The predicted molar refractivity (Wildman–Crippen MR) is 86.3 cm³/mol. The maximum Gasteiger partial charge on any atom is 0.251 e. The number of hydrogen-bond donors (Lipinski definition) is 2. The molecule has 4 nitrogen and oxygen atoms in total. The first-order valence-corrected chi connectivity index (χ1v) is 7.87. The van der Waals surface area contributed by atoms with Crippen LogP contribution < -0.4 is 15.4 Å². The third-order valence-corrected chi connectivity index (χ3v) is 4.93. The molecule has 3 atom stereocenters. The zero-order chi connectivity index (χ0) is 15.1. The van der Waals surface area contributed by atoms with Crippen LogP contribution in [0.25, 0.3) is 10.8 Å². The van der Waals surface area contributed by atoms with Crippen LogP contribution in [-0.4, -0.2) is 31.1 Å². The molecule has 22 heavy (non-hydrogen) atoms. The summed E-state index contributed by atoms with van der Waals surface area (Å²) >= 11 is 0. The predicted octanol–water partition coefficient (Wildman–Crippen LogP) is 2.47. The number of carbonyl (C=O) groups is 1. The van der Waals surface area contributed by atoms with Crippen molar-refractivity contribution < 1.29 is 9.53 Å². The summed E-state index contributed by atoms with van der Waals surface area (Å²) in [4.78, 5) is 12.5. The number of carbonyl (C=O) groups excluding carboxylic acids is 1. The van der Waals surface area contributed by atoms with Crippen molar-refractivity contribution in [2.75, 3.05) is 7.11 Å². The van der Waals surface area contributed by atoms with Gasteiger partial charge in [-0.25, -0.2) is 0 Å². The van der Waals surface area contributed by atoms with Gasteiger partial charge >= 0.3 is 0 Å². The Morgan fingerprint density at radius 3 is 2.77 bits per heavy atom. The summed E-state index contributed by atoms with van der Waals surface area (Å²) in [6, 6.07) is 13.0. The summed E-state index contributed by atoms with van der Waals surface area (Å²) in [7, 11) is 1.65. The molecule has 2 fully saturated rings. The van der Waals surface area contributed by atoms with Crippen molar-refractivity contribution in [2.24, 2.45) is 0 Å². The SMILES string of the molecule is COc1ccc2ccc(C(=O)N[C@@H]3CC4CCC3N4)cc2c1. The molecule has 2 aliphatic heterocycles. The Balaban J connectivity index is 1.56. The largest absolute Gasteiger partial charge is 0.497 e. The fraction of sp³-hybridized carbons (Fsp3) is 0.389. The molecule has 1 amide bonds. The van der Waals surface area contributed by atoms with Gasteiger partial charge in [-0.1, -0.05) is 12.1 Å². The number of rotatable bonds is 3. The van der Waals surface area contributed by atoms with Crippen LogP contribution in [0.15, 0.2) is 36.4 Å². The topological polar surface area (TPSA) is 50.4 Å². The third kappa shape index (κ3) is 2.33. The third-order valence-electron chi connectivity index (χ3n) is 4.93. The van der Waals surface area contributed by atoms with E-state index in [-0.39, 0.29) is 11.9 Å². The standard InChI is InChI=1S/C18H20N2O2/c1-22-15-6-4-11-2-3-12(8-13(11)9-15)18(21)20-17-10-14-5-7-16(17)19-14/h2-4,6,8-9,14,16-17,19H,5,7,10H2,1H3,(H,20,21)/t14?,16?,17-/m1/s1. The van der Waals surface area contributed by atoms with Crippen LogP contribution in [0.1, 0.15) is 29.6 Å². The number of nitrogens with one attached hydrogen (secondary N) is 2. The first-order chi connectivity index (χ1) is 10.7. The van der Waals surface area contributed by atoms with Gasteiger partial charge in [-0.15, -0.1) is 0 Å². The second-order valence-electron chi connectivity index (χ2n) is 6.29. The van der Waals surface area contributed by atoms with E-state index < -0.39 is 0 Å². The Morgan fingerprint density at radius 2 is 2.05 bits per heavy atom. The van der Waals surface area contributed by atoms with Gasteiger partial charge in [-0.05, 0) is 54.3 Å². The molecule has 2 aromatic rings. The Morgan fingerprint density at radius 1 is 1.18 bits per heavy atom. The summed E-state index contributed by atoms with van der Waals surface area (Å²) in [5.41, 5.74) is 0.712. The number of ether oxygens (including phenoxy) is 1. The van der Waals surface area contributed by atoms with Crippen molar-refractivity contribution in [3.63, 3.8) is 0 Å². The summed E-state index contributed by atoms with van der Waals surface area (Å²) < 4.78 is 5.25. The van der Waals surface area contributed by atoms with Gasteiger partial charge in [-0.3, -0.25) is 4.79 Å². The van der Waals surface area contributed by atoms with Crippen molar-refractivity contribution in [2.45, 2.75) is 37.4 Å². The van der Waals surface area contributed by atoms with Gasteiger partial charge in [-0.2, -0.15) is 0 Å².